The van der Waals surface area contributed by atoms with Crippen LogP contribution >= 0.6 is 11.3 Å². The minimum absolute atomic E-state index is 0.0813. The van der Waals surface area contributed by atoms with Crippen LogP contribution in [0.15, 0.2) is 58.8 Å². The molecule has 0 saturated heterocycles. The van der Waals surface area contributed by atoms with Gasteiger partial charge in [-0.05, 0) is 37.3 Å². The number of carbonyl (C=O) groups excluding carboxylic acids is 1. The summed E-state index contributed by atoms with van der Waals surface area (Å²) in [5.74, 6) is 0.480. The third-order valence-corrected chi connectivity index (χ3v) is 6.94. The summed E-state index contributed by atoms with van der Waals surface area (Å²) in [6.07, 6.45) is 0.0813. The van der Waals surface area contributed by atoms with Crippen LogP contribution in [0, 0.1) is 0 Å². The minimum atomic E-state index is -3.57. The van der Waals surface area contributed by atoms with Crippen LogP contribution in [0.3, 0.4) is 0 Å². The standard InChI is InChI=1S/C21H23N3O4S2/c1-4-28-19-11-6-5-10-18(19)21-23-16(14-29-21)13-20(25)22-15-8-7-9-17(12-15)30(26,27)24(2)3/h5-12,14H,4,13H2,1-3H3,(H,22,25). The Bertz CT molecular complexity index is 1140. The van der Waals surface area contributed by atoms with Gasteiger partial charge in [0.1, 0.15) is 10.8 Å². The molecule has 3 rings (SSSR count). The SMILES string of the molecule is CCOc1ccccc1-c1nc(CC(=O)Nc2cccc(S(=O)(=O)N(C)C)c2)cs1. The number of anilines is 1. The van der Waals surface area contributed by atoms with Gasteiger partial charge in [0.15, 0.2) is 0 Å². The van der Waals surface area contributed by atoms with Gasteiger partial charge in [0.25, 0.3) is 0 Å². The number of thiazole rings is 1. The zero-order valence-corrected chi connectivity index (χ0v) is 18.6. The lowest BCUT2D eigenvalue weighted by molar-refractivity contribution is -0.115. The van der Waals surface area contributed by atoms with Crippen molar-refractivity contribution in [2.45, 2.75) is 18.2 Å². The number of rotatable bonds is 8. The molecule has 0 aliphatic rings. The molecule has 1 amide bonds. The number of sulfonamides is 1. The van der Waals surface area contributed by atoms with Crippen molar-refractivity contribution in [1.29, 1.82) is 0 Å². The highest BCUT2D eigenvalue weighted by Gasteiger charge is 2.18. The maximum atomic E-state index is 12.5. The smallest absolute Gasteiger partial charge is 0.242 e. The number of hydrogen-bond acceptors (Lipinski definition) is 6. The summed E-state index contributed by atoms with van der Waals surface area (Å²) >= 11 is 1.44. The Morgan fingerprint density at radius 3 is 2.67 bits per heavy atom. The number of benzene rings is 2. The van der Waals surface area contributed by atoms with Gasteiger partial charge in [0, 0.05) is 25.2 Å². The van der Waals surface area contributed by atoms with E-state index in [9.17, 15) is 13.2 Å². The van der Waals surface area contributed by atoms with Gasteiger partial charge in [0.2, 0.25) is 15.9 Å². The molecule has 30 heavy (non-hydrogen) atoms. The van der Waals surface area contributed by atoms with Crippen molar-refractivity contribution < 1.29 is 17.9 Å². The summed E-state index contributed by atoms with van der Waals surface area (Å²) in [4.78, 5) is 17.1. The summed E-state index contributed by atoms with van der Waals surface area (Å²) in [5, 5.41) is 5.36. The van der Waals surface area contributed by atoms with E-state index in [4.69, 9.17) is 4.74 Å². The maximum Gasteiger partial charge on any atom is 0.242 e. The molecule has 0 aliphatic carbocycles. The zero-order valence-electron chi connectivity index (χ0n) is 17.0. The number of ether oxygens (including phenoxy) is 1. The van der Waals surface area contributed by atoms with Crippen LogP contribution in [0.5, 0.6) is 5.75 Å². The van der Waals surface area contributed by atoms with Crippen molar-refractivity contribution in [1.82, 2.24) is 9.29 Å². The average molecular weight is 446 g/mol. The van der Waals surface area contributed by atoms with Crippen LogP contribution in [0.1, 0.15) is 12.6 Å². The van der Waals surface area contributed by atoms with E-state index in [1.807, 2.05) is 36.6 Å². The zero-order chi connectivity index (χ0) is 21.7. The molecule has 0 spiro atoms. The molecule has 0 saturated carbocycles. The van der Waals surface area contributed by atoms with Gasteiger partial charge in [-0.1, -0.05) is 18.2 Å². The Labute approximate surface area is 180 Å². The van der Waals surface area contributed by atoms with Crippen LogP contribution in [0.2, 0.25) is 0 Å². The number of para-hydroxylation sites is 1. The van der Waals surface area contributed by atoms with E-state index in [1.165, 1.54) is 37.6 Å². The Kier molecular flexibility index (Phi) is 6.86. The number of nitrogens with one attached hydrogen (secondary N) is 1. The second-order valence-electron chi connectivity index (χ2n) is 6.61. The monoisotopic (exact) mass is 445 g/mol. The molecule has 7 nitrogen and oxygen atoms in total. The third kappa shape index (κ3) is 5.05. The van der Waals surface area contributed by atoms with E-state index < -0.39 is 10.0 Å². The number of carbonyl (C=O) groups is 1. The Morgan fingerprint density at radius 2 is 1.93 bits per heavy atom. The molecular weight excluding hydrogens is 422 g/mol. The molecule has 1 aromatic heterocycles. The first-order valence-electron chi connectivity index (χ1n) is 9.30. The molecule has 0 bridgehead atoms. The normalized spacial score (nSPS) is 11.5. The highest BCUT2D eigenvalue weighted by molar-refractivity contribution is 7.89. The van der Waals surface area contributed by atoms with Crippen LogP contribution in [0.4, 0.5) is 5.69 Å². The Balaban J connectivity index is 1.72. The number of hydrogen-bond donors (Lipinski definition) is 1. The molecule has 0 fully saturated rings. The highest BCUT2D eigenvalue weighted by Crippen LogP contribution is 2.32. The number of aromatic nitrogens is 1. The van der Waals surface area contributed by atoms with Crippen LogP contribution < -0.4 is 10.1 Å². The predicted molar refractivity (Wildman–Crippen MR) is 118 cm³/mol. The minimum Gasteiger partial charge on any atom is -0.493 e. The first kappa shape index (κ1) is 21.9. The molecule has 1 N–H and O–H groups in total. The summed E-state index contributed by atoms with van der Waals surface area (Å²) in [6.45, 7) is 2.48. The molecule has 9 heteroatoms. The molecular formula is C21H23N3O4S2. The first-order chi connectivity index (χ1) is 14.3. The average Bonchev–Trinajstić information content (AvgIpc) is 3.16. The fourth-order valence-corrected chi connectivity index (χ4v) is 4.55. The van der Waals surface area contributed by atoms with Crippen molar-refractivity contribution >= 4 is 33.0 Å². The molecule has 0 unspecified atom stereocenters. The fraction of sp³-hybridized carbons (Fsp3) is 0.238. The molecule has 0 radical (unpaired) electrons. The lowest BCUT2D eigenvalue weighted by Crippen LogP contribution is -2.22. The molecule has 1 heterocycles. The summed E-state index contributed by atoms with van der Waals surface area (Å²) in [6, 6.07) is 13.8. The van der Waals surface area contributed by atoms with Gasteiger partial charge in [0.05, 0.1) is 29.2 Å². The second-order valence-corrected chi connectivity index (χ2v) is 9.62. The van der Waals surface area contributed by atoms with E-state index >= 15 is 0 Å². The largest absolute Gasteiger partial charge is 0.493 e. The third-order valence-electron chi connectivity index (χ3n) is 4.21. The Morgan fingerprint density at radius 1 is 1.17 bits per heavy atom. The van der Waals surface area contributed by atoms with Crippen molar-refractivity contribution in [2.24, 2.45) is 0 Å². The van der Waals surface area contributed by atoms with E-state index in [0.717, 1.165) is 20.6 Å². The van der Waals surface area contributed by atoms with E-state index in [0.29, 0.717) is 18.0 Å². The summed E-state index contributed by atoms with van der Waals surface area (Å²) < 4.78 is 31.3. The summed E-state index contributed by atoms with van der Waals surface area (Å²) in [7, 11) is -0.646. The van der Waals surface area contributed by atoms with Crippen molar-refractivity contribution in [3.05, 3.63) is 59.6 Å². The predicted octanol–water partition coefficient (Wildman–Crippen LogP) is 3.64. The van der Waals surface area contributed by atoms with Gasteiger partial charge in [-0.15, -0.1) is 11.3 Å². The van der Waals surface area contributed by atoms with Crippen LogP contribution in [0.25, 0.3) is 10.6 Å². The van der Waals surface area contributed by atoms with Crippen molar-refractivity contribution in [2.75, 3.05) is 26.0 Å². The molecule has 0 aliphatic heterocycles. The maximum absolute atomic E-state index is 12.5. The lowest BCUT2D eigenvalue weighted by atomic mass is 10.2. The number of amides is 1. The van der Waals surface area contributed by atoms with E-state index in [-0.39, 0.29) is 17.2 Å². The molecule has 3 aromatic rings. The number of nitrogens with zero attached hydrogens (tertiary/aromatic N) is 2. The molecule has 2 aromatic carbocycles. The topological polar surface area (TPSA) is 88.6 Å². The first-order valence-corrected chi connectivity index (χ1v) is 11.6. The quantitative estimate of drug-likeness (QED) is 0.572. The highest BCUT2D eigenvalue weighted by atomic mass is 32.2. The summed E-state index contributed by atoms with van der Waals surface area (Å²) in [5.41, 5.74) is 1.94. The van der Waals surface area contributed by atoms with Crippen LogP contribution in [-0.2, 0) is 21.2 Å². The molecule has 158 valence electrons. The van der Waals surface area contributed by atoms with E-state index in [2.05, 4.69) is 10.3 Å². The molecule has 0 atom stereocenters. The van der Waals surface area contributed by atoms with Gasteiger partial charge in [-0.25, -0.2) is 17.7 Å². The van der Waals surface area contributed by atoms with Gasteiger partial charge in [-0.3, -0.25) is 4.79 Å². The fourth-order valence-electron chi connectivity index (χ4n) is 2.75. The Hall–Kier alpha value is -2.75. The van der Waals surface area contributed by atoms with Crippen molar-refractivity contribution in [3.63, 3.8) is 0 Å². The van der Waals surface area contributed by atoms with Gasteiger partial charge >= 0.3 is 0 Å². The second kappa shape index (κ2) is 9.38. The lowest BCUT2D eigenvalue weighted by Gasteiger charge is -2.12. The van der Waals surface area contributed by atoms with E-state index in [1.54, 1.807) is 12.1 Å². The van der Waals surface area contributed by atoms with Gasteiger partial charge < -0.3 is 10.1 Å². The van der Waals surface area contributed by atoms with Gasteiger partial charge in [-0.2, -0.15) is 0 Å². The van der Waals surface area contributed by atoms with Crippen LogP contribution in [-0.4, -0.2) is 44.3 Å². The van der Waals surface area contributed by atoms with Crippen molar-refractivity contribution in [3.8, 4) is 16.3 Å².